The number of carbonyl (C=O) groups excluding carboxylic acids is 2. The van der Waals surface area contributed by atoms with E-state index in [1.807, 2.05) is 0 Å². The van der Waals surface area contributed by atoms with E-state index in [9.17, 15) is 9.59 Å². The normalized spacial score (nSPS) is 11.2. The first-order chi connectivity index (χ1) is 15.5. The van der Waals surface area contributed by atoms with Crippen molar-refractivity contribution in [3.8, 4) is 0 Å². The first-order valence-corrected chi connectivity index (χ1v) is 10.4. The van der Waals surface area contributed by atoms with E-state index in [0.717, 1.165) is 0 Å². The molecule has 0 unspecified atom stereocenters. The molecule has 0 saturated carbocycles. The maximum absolute atomic E-state index is 12.1. The third-order valence-electron chi connectivity index (χ3n) is 3.99. The Morgan fingerprint density at radius 2 is 1.22 bits per heavy atom. The second-order valence-corrected chi connectivity index (χ2v) is 6.17. The number of carbonyl (C=O) groups is 2. The van der Waals surface area contributed by atoms with Crippen LogP contribution < -0.4 is 10.9 Å². The summed E-state index contributed by atoms with van der Waals surface area (Å²) in [5, 5.41) is 8.19. The van der Waals surface area contributed by atoms with Crippen molar-refractivity contribution in [3.05, 3.63) is 89.8 Å². The molecular weight excluding hydrogens is 481 g/mol. The number of aromatic nitrogens is 3. The molecule has 0 spiro atoms. The second-order valence-electron chi connectivity index (χ2n) is 6.17. The van der Waals surface area contributed by atoms with Crippen LogP contribution in [-0.4, -0.2) is 38.2 Å². The molecule has 3 aromatic rings. The van der Waals surface area contributed by atoms with Gasteiger partial charge in [0.15, 0.2) is 0 Å². The van der Waals surface area contributed by atoms with Gasteiger partial charge >= 0.3 is 25.2 Å². The Bertz CT molecular complexity index is 1020. The van der Waals surface area contributed by atoms with E-state index in [4.69, 9.17) is 0 Å². The molecule has 2 amide bonds. The van der Waals surface area contributed by atoms with Crippen LogP contribution in [0.4, 0.5) is 0 Å². The molecular formula is C21H19ClCuN7O2+. The number of hydrazone groups is 2. The molecule has 167 valence electrons. The fourth-order valence-electron chi connectivity index (χ4n) is 2.34. The van der Waals surface area contributed by atoms with Gasteiger partial charge < -0.3 is 0 Å². The molecule has 0 aliphatic rings. The van der Waals surface area contributed by atoms with Crippen LogP contribution in [0.3, 0.4) is 0 Å². The van der Waals surface area contributed by atoms with Crippen molar-refractivity contribution in [2.24, 2.45) is 10.2 Å². The van der Waals surface area contributed by atoms with Gasteiger partial charge in [-0.1, -0.05) is 6.07 Å². The third-order valence-corrected chi connectivity index (χ3v) is 3.99. The fourth-order valence-corrected chi connectivity index (χ4v) is 2.34. The summed E-state index contributed by atoms with van der Waals surface area (Å²) in [5.74, 6) is -0.732. The maximum atomic E-state index is 12.1. The Kier molecular flexibility index (Phi) is 10.1. The first-order valence-electron chi connectivity index (χ1n) is 9.13. The van der Waals surface area contributed by atoms with Crippen LogP contribution in [0, 0.1) is 0 Å². The van der Waals surface area contributed by atoms with Gasteiger partial charge in [0.25, 0.3) is 11.8 Å². The van der Waals surface area contributed by atoms with E-state index in [0.29, 0.717) is 33.9 Å². The molecule has 0 fully saturated rings. The van der Waals surface area contributed by atoms with Crippen molar-refractivity contribution in [2.45, 2.75) is 13.8 Å². The fraction of sp³-hybridized carbons (Fsp3) is 0.0952. The summed E-state index contributed by atoms with van der Waals surface area (Å²) >= 11 is 3.66. The number of amides is 2. The summed E-state index contributed by atoms with van der Waals surface area (Å²) in [7, 11) is 4.20. The van der Waals surface area contributed by atoms with Gasteiger partial charge in [-0.2, -0.15) is 10.2 Å². The Balaban J connectivity index is 0.00000176. The van der Waals surface area contributed by atoms with Crippen molar-refractivity contribution >= 4 is 33.3 Å². The molecule has 0 radical (unpaired) electrons. The molecule has 3 aromatic heterocycles. The van der Waals surface area contributed by atoms with Crippen molar-refractivity contribution in [1.82, 2.24) is 25.8 Å². The molecule has 0 aliphatic carbocycles. The molecule has 0 atom stereocenters. The van der Waals surface area contributed by atoms with E-state index < -0.39 is 0 Å². The van der Waals surface area contributed by atoms with Gasteiger partial charge in [-0.05, 0) is 50.2 Å². The minimum atomic E-state index is -0.366. The number of nitrogens with one attached hydrogen (secondary N) is 2. The number of halogens is 1. The molecule has 3 heterocycles. The first kappa shape index (κ1) is 24.8. The Hall–Kier alpha value is -3.46. The van der Waals surface area contributed by atoms with Crippen molar-refractivity contribution in [3.63, 3.8) is 0 Å². The number of hydrogen-bond donors (Lipinski definition) is 2. The number of rotatable bonds is 6. The van der Waals surface area contributed by atoms with Crippen LogP contribution in [-0.2, 0) is 15.1 Å². The zero-order chi connectivity index (χ0) is 23.3. The average Bonchev–Trinajstić information content (AvgIpc) is 2.87. The SMILES string of the molecule is CC(=NNC(=O)c1cccnc1)c1cccc(C(C)=NNC(=O)c2cccnc2)n1.[Cl][Cu+]. The Labute approximate surface area is 197 Å². The molecule has 32 heavy (non-hydrogen) atoms. The van der Waals surface area contributed by atoms with E-state index >= 15 is 0 Å². The Morgan fingerprint density at radius 3 is 1.59 bits per heavy atom. The van der Waals surface area contributed by atoms with Gasteiger partial charge in [-0.15, -0.1) is 0 Å². The van der Waals surface area contributed by atoms with Gasteiger partial charge in [0.2, 0.25) is 0 Å². The van der Waals surface area contributed by atoms with E-state index in [2.05, 4.69) is 61.2 Å². The zero-order valence-corrected chi connectivity index (χ0v) is 18.8. The van der Waals surface area contributed by atoms with Gasteiger partial charge in [-0.25, -0.2) is 15.8 Å². The van der Waals surface area contributed by atoms with Gasteiger partial charge in [0.1, 0.15) is 0 Å². The van der Waals surface area contributed by atoms with Crippen molar-refractivity contribution in [2.75, 3.05) is 0 Å². The van der Waals surface area contributed by atoms with E-state index in [1.54, 1.807) is 68.7 Å². The molecule has 9 nitrogen and oxygen atoms in total. The van der Waals surface area contributed by atoms with E-state index in [-0.39, 0.29) is 11.8 Å². The third kappa shape index (κ3) is 7.35. The Morgan fingerprint density at radius 1 is 0.781 bits per heavy atom. The molecule has 0 aromatic carbocycles. The molecule has 0 bridgehead atoms. The van der Waals surface area contributed by atoms with Crippen LogP contribution in [0.25, 0.3) is 0 Å². The summed E-state index contributed by atoms with van der Waals surface area (Å²) in [5.41, 5.74) is 7.93. The van der Waals surface area contributed by atoms with Crippen LogP contribution in [0.5, 0.6) is 0 Å². The minimum absolute atomic E-state index is 0.366. The van der Waals surface area contributed by atoms with Crippen LogP contribution in [0.15, 0.2) is 77.5 Å². The average molecular weight is 500 g/mol. The summed E-state index contributed by atoms with van der Waals surface area (Å²) in [4.78, 5) is 36.4. The van der Waals surface area contributed by atoms with Gasteiger partial charge in [0.05, 0.1) is 33.9 Å². The predicted octanol–water partition coefficient (Wildman–Crippen LogP) is 2.87. The van der Waals surface area contributed by atoms with Crippen molar-refractivity contribution in [1.29, 1.82) is 0 Å². The predicted molar refractivity (Wildman–Crippen MR) is 118 cm³/mol. The van der Waals surface area contributed by atoms with E-state index in [1.165, 1.54) is 12.4 Å². The van der Waals surface area contributed by atoms with Gasteiger partial charge in [0, 0.05) is 24.8 Å². The monoisotopic (exact) mass is 499 g/mol. The summed E-state index contributed by atoms with van der Waals surface area (Å²) in [6.45, 7) is 3.46. The molecule has 11 heteroatoms. The second kappa shape index (κ2) is 13.1. The quantitative estimate of drug-likeness (QED) is 0.306. The summed E-state index contributed by atoms with van der Waals surface area (Å²) < 4.78 is 0. The van der Waals surface area contributed by atoms with Crippen molar-refractivity contribution < 1.29 is 24.7 Å². The summed E-state index contributed by atoms with van der Waals surface area (Å²) in [6, 6.07) is 12.0. The molecule has 2 N–H and O–H groups in total. The topological polar surface area (TPSA) is 122 Å². The van der Waals surface area contributed by atoms with Crippen LogP contribution in [0.2, 0.25) is 0 Å². The number of hydrogen-bond acceptors (Lipinski definition) is 7. The van der Waals surface area contributed by atoms with Crippen LogP contribution in [0.1, 0.15) is 46.0 Å². The van der Waals surface area contributed by atoms with Crippen LogP contribution >= 0.6 is 10.1 Å². The standard InChI is InChI=1S/C21H19N7O2.ClH.Cu/c1-14(25-27-20(29)16-6-4-10-22-12-16)18-8-3-9-19(24-18)15(2)26-28-21(30)17-7-5-11-23-13-17;;/h3-13H,1-2H3,(H,27,29)(H,28,30);1H;/q;;+2/p-1. The number of pyridine rings is 3. The zero-order valence-electron chi connectivity index (χ0n) is 17.1. The van der Waals surface area contributed by atoms with Gasteiger partial charge in [-0.3, -0.25) is 19.6 Å². The molecule has 0 aliphatic heterocycles. The molecule has 0 saturated heterocycles. The summed E-state index contributed by atoms with van der Waals surface area (Å²) in [6.07, 6.45) is 6.09. The number of nitrogens with zero attached hydrogens (tertiary/aromatic N) is 5. The molecule has 3 rings (SSSR count).